The fourth-order valence-corrected chi connectivity index (χ4v) is 1.78. The number of aromatic nitrogens is 3. The minimum atomic E-state index is -0.525. The quantitative estimate of drug-likeness (QED) is 0.611. The molecule has 2 N–H and O–H groups in total. The molecule has 0 radical (unpaired) electrons. The van der Waals surface area contributed by atoms with Crippen LogP contribution in [0, 0.1) is 0 Å². The van der Waals surface area contributed by atoms with Crippen molar-refractivity contribution < 1.29 is 9.84 Å². The number of ether oxygens (including phenoxy) is 1. The minimum absolute atomic E-state index is 0.357. The van der Waals surface area contributed by atoms with Crippen LogP contribution in [0.15, 0.2) is 6.20 Å². The second kappa shape index (κ2) is 7.57. The van der Waals surface area contributed by atoms with Gasteiger partial charge in [0.05, 0.1) is 24.9 Å². The van der Waals surface area contributed by atoms with Crippen LogP contribution >= 0.6 is 0 Å². The zero-order valence-electron chi connectivity index (χ0n) is 11.6. The number of aliphatic hydroxyl groups is 1. The Morgan fingerprint density at radius 1 is 1.58 bits per heavy atom. The summed E-state index contributed by atoms with van der Waals surface area (Å²) in [5.74, 6) is 0. The summed E-state index contributed by atoms with van der Waals surface area (Å²) in [5, 5.41) is 21.3. The Kier molecular flexibility index (Phi) is 5.75. The molecule has 1 fully saturated rings. The number of rotatable bonds is 10. The number of unbranched alkanes of at least 4 members (excludes halogenated alkanes) is 1. The minimum Gasteiger partial charge on any atom is -0.389 e. The van der Waals surface area contributed by atoms with Crippen molar-refractivity contribution in [3.05, 3.63) is 11.9 Å². The lowest BCUT2D eigenvalue weighted by Crippen LogP contribution is -2.22. The monoisotopic (exact) mass is 268 g/mol. The molecule has 1 unspecified atom stereocenters. The van der Waals surface area contributed by atoms with E-state index in [-0.39, 0.29) is 0 Å². The van der Waals surface area contributed by atoms with Crippen molar-refractivity contribution >= 4 is 0 Å². The standard InChI is InChI=1S/C13H24N4O2/c1-2-3-6-19-10-13(18)9-17-8-12(15-16-17)7-14-11-4-5-11/h8,11,13-14,18H,2-7,9-10H2,1H3. The first-order valence-electron chi connectivity index (χ1n) is 7.16. The van der Waals surface area contributed by atoms with Crippen LogP contribution in [0.4, 0.5) is 0 Å². The van der Waals surface area contributed by atoms with E-state index in [1.807, 2.05) is 6.20 Å². The van der Waals surface area contributed by atoms with E-state index in [0.29, 0.717) is 25.8 Å². The third kappa shape index (κ3) is 5.67. The Labute approximate surface area is 114 Å². The van der Waals surface area contributed by atoms with Crippen molar-refractivity contribution in [2.75, 3.05) is 13.2 Å². The second-order valence-corrected chi connectivity index (χ2v) is 5.17. The zero-order chi connectivity index (χ0) is 13.5. The molecule has 6 heteroatoms. The number of hydrogen-bond donors (Lipinski definition) is 2. The lowest BCUT2D eigenvalue weighted by molar-refractivity contribution is 0.0251. The van der Waals surface area contributed by atoms with Gasteiger partial charge in [-0.2, -0.15) is 0 Å². The third-order valence-electron chi connectivity index (χ3n) is 3.09. The SMILES string of the molecule is CCCCOCC(O)Cn1cc(CNC2CC2)nn1. The highest BCUT2D eigenvalue weighted by molar-refractivity contribution is 4.94. The van der Waals surface area contributed by atoms with Crippen LogP contribution in [0.3, 0.4) is 0 Å². The lowest BCUT2D eigenvalue weighted by Gasteiger charge is -2.10. The van der Waals surface area contributed by atoms with Gasteiger partial charge < -0.3 is 15.2 Å². The lowest BCUT2D eigenvalue weighted by atomic mass is 10.3. The molecule has 1 aromatic heterocycles. The Bertz CT molecular complexity index is 365. The van der Waals surface area contributed by atoms with Crippen molar-refractivity contribution in [3.8, 4) is 0 Å². The Balaban J connectivity index is 1.63. The van der Waals surface area contributed by atoms with Crippen LogP contribution in [0.5, 0.6) is 0 Å². The molecule has 0 aromatic carbocycles. The molecule has 0 saturated heterocycles. The van der Waals surface area contributed by atoms with Crippen molar-refractivity contribution in [1.29, 1.82) is 0 Å². The van der Waals surface area contributed by atoms with Crippen molar-refractivity contribution in [2.24, 2.45) is 0 Å². The summed E-state index contributed by atoms with van der Waals surface area (Å²) >= 11 is 0. The normalized spacial score (nSPS) is 16.7. The molecule has 0 bridgehead atoms. The maximum absolute atomic E-state index is 9.81. The first kappa shape index (κ1) is 14.4. The predicted molar refractivity (Wildman–Crippen MR) is 71.6 cm³/mol. The summed E-state index contributed by atoms with van der Waals surface area (Å²) in [6.45, 7) is 4.37. The average molecular weight is 268 g/mol. The van der Waals surface area contributed by atoms with Crippen LogP contribution in [0.2, 0.25) is 0 Å². The summed E-state index contributed by atoms with van der Waals surface area (Å²) in [5.41, 5.74) is 0.922. The van der Waals surface area contributed by atoms with Gasteiger partial charge in [-0.05, 0) is 19.3 Å². The molecule has 108 valence electrons. The Hall–Kier alpha value is -0.980. The van der Waals surface area contributed by atoms with Gasteiger partial charge in [-0.3, -0.25) is 0 Å². The van der Waals surface area contributed by atoms with Crippen LogP contribution in [0.1, 0.15) is 38.3 Å². The van der Waals surface area contributed by atoms with E-state index in [2.05, 4.69) is 22.6 Å². The van der Waals surface area contributed by atoms with E-state index in [1.54, 1.807) is 4.68 Å². The molecule has 1 heterocycles. The van der Waals surface area contributed by atoms with Crippen LogP contribution in [-0.4, -0.2) is 45.5 Å². The summed E-state index contributed by atoms with van der Waals surface area (Å²) < 4.78 is 7.06. The first-order chi connectivity index (χ1) is 9.28. The Morgan fingerprint density at radius 2 is 2.42 bits per heavy atom. The van der Waals surface area contributed by atoms with Crippen LogP contribution < -0.4 is 5.32 Å². The topological polar surface area (TPSA) is 72.2 Å². The van der Waals surface area contributed by atoms with Gasteiger partial charge in [0.15, 0.2) is 0 Å². The van der Waals surface area contributed by atoms with Gasteiger partial charge >= 0.3 is 0 Å². The molecular formula is C13H24N4O2. The summed E-state index contributed by atoms with van der Waals surface area (Å²) in [6.07, 6.45) is 6.03. The number of hydrogen-bond acceptors (Lipinski definition) is 5. The molecule has 1 aromatic rings. The van der Waals surface area contributed by atoms with Crippen molar-refractivity contribution in [2.45, 2.75) is 57.8 Å². The Morgan fingerprint density at radius 3 is 3.16 bits per heavy atom. The maximum Gasteiger partial charge on any atom is 0.0969 e. The molecule has 2 rings (SSSR count). The van der Waals surface area contributed by atoms with Crippen molar-refractivity contribution in [1.82, 2.24) is 20.3 Å². The van der Waals surface area contributed by atoms with Gasteiger partial charge in [0.2, 0.25) is 0 Å². The molecule has 1 aliphatic carbocycles. The third-order valence-corrected chi connectivity index (χ3v) is 3.09. The molecule has 6 nitrogen and oxygen atoms in total. The molecule has 1 saturated carbocycles. The zero-order valence-corrected chi connectivity index (χ0v) is 11.6. The van der Waals surface area contributed by atoms with E-state index in [9.17, 15) is 5.11 Å². The van der Waals surface area contributed by atoms with Gasteiger partial charge in [-0.25, -0.2) is 4.68 Å². The highest BCUT2D eigenvalue weighted by Crippen LogP contribution is 2.18. The van der Waals surface area contributed by atoms with Crippen molar-refractivity contribution in [3.63, 3.8) is 0 Å². The molecule has 0 spiro atoms. The van der Waals surface area contributed by atoms with Crippen LogP contribution in [0.25, 0.3) is 0 Å². The highest BCUT2D eigenvalue weighted by Gasteiger charge is 2.20. The molecule has 0 aliphatic heterocycles. The van der Waals surface area contributed by atoms with E-state index in [0.717, 1.165) is 25.1 Å². The average Bonchev–Trinajstić information content (AvgIpc) is 3.13. The van der Waals surface area contributed by atoms with Gasteiger partial charge in [0, 0.05) is 25.4 Å². The second-order valence-electron chi connectivity index (χ2n) is 5.17. The highest BCUT2D eigenvalue weighted by atomic mass is 16.5. The summed E-state index contributed by atoms with van der Waals surface area (Å²) in [7, 11) is 0. The molecule has 19 heavy (non-hydrogen) atoms. The first-order valence-corrected chi connectivity index (χ1v) is 7.16. The van der Waals surface area contributed by atoms with Gasteiger partial charge in [-0.1, -0.05) is 18.6 Å². The van der Waals surface area contributed by atoms with Gasteiger partial charge in [0.25, 0.3) is 0 Å². The molecule has 1 aliphatic rings. The van der Waals surface area contributed by atoms with E-state index < -0.39 is 6.10 Å². The summed E-state index contributed by atoms with van der Waals surface area (Å²) in [6, 6.07) is 0.669. The fourth-order valence-electron chi connectivity index (χ4n) is 1.78. The number of aliphatic hydroxyl groups excluding tert-OH is 1. The predicted octanol–water partition coefficient (Wildman–Crippen LogP) is 0.708. The number of nitrogens with one attached hydrogen (secondary N) is 1. The smallest absolute Gasteiger partial charge is 0.0969 e. The summed E-state index contributed by atoms with van der Waals surface area (Å²) in [4.78, 5) is 0. The van der Waals surface area contributed by atoms with E-state index in [4.69, 9.17) is 4.74 Å². The molecule has 0 amide bonds. The largest absolute Gasteiger partial charge is 0.389 e. The van der Waals surface area contributed by atoms with Crippen LogP contribution in [-0.2, 0) is 17.8 Å². The van der Waals surface area contributed by atoms with E-state index >= 15 is 0 Å². The number of nitrogens with zero attached hydrogens (tertiary/aromatic N) is 3. The molecular weight excluding hydrogens is 244 g/mol. The molecule has 1 atom stereocenters. The van der Waals surface area contributed by atoms with E-state index in [1.165, 1.54) is 12.8 Å². The van der Waals surface area contributed by atoms with Gasteiger partial charge in [0.1, 0.15) is 0 Å². The maximum atomic E-state index is 9.81. The van der Waals surface area contributed by atoms with Gasteiger partial charge in [-0.15, -0.1) is 5.10 Å². The fraction of sp³-hybridized carbons (Fsp3) is 0.846.